The highest BCUT2D eigenvalue weighted by Gasteiger charge is 2.36. The Hall–Kier alpha value is -0.0800. The number of unbranched alkanes of at least 4 members (excludes halogenated alkanes) is 2. The van der Waals surface area contributed by atoms with E-state index in [9.17, 15) is 0 Å². The second kappa shape index (κ2) is 6.41. The van der Waals surface area contributed by atoms with Crippen molar-refractivity contribution in [3.63, 3.8) is 0 Å². The zero-order valence-electron chi connectivity index (χ0n) is 9.71. The van der Waals surface area contributed by atoms with E-state index >= 15 is 0 Å². The van der Waals surface area contributed by atoms with Crippen LogP contribution in [-0.2, 0) is 0 Å². The van der Waals surface area contributed by atoms with Gasteiger partial charge < -0.3 is 10.0 Å². The van der Waals surface area contributed by atoms with Crippen molar-refractivity contribution in [1.82, 2.24) is 4.90 Å². The van der Waals surface area contributed by atoms with E-state index in [-0.39, 0.29) is 0 Å². The Balaban J connectivity index is 2.15. The first-order chi connectivity index (χ1) is 6.79. The van der Waals surface area contributed by atoms with E-state index in [0.717, 1.165) is 24.8 Å². The summed E-state index contributed by atoms with van der Waals surface area (Å²) in [6.07, 6.45) is 6.12. The van der Waals surface area contributed by atoms with E-state index in [1.54, 1.807) is 0 Å². The van der Waals surface area contributed by atoms with Crippen molar-refractivity contribution < 1.29 is 5.11 Å². The molecule has 2 heteroatoms. The molecule has 0 radical (unpaired) electrons. The molecule has 2 nitrogen and oxygen atoms in total. The van der Waals surface area contributed by atoms with Crippen LogP contribution in [0.5, 0.6) is 0 Å². The zero-order valence-corrected chi connectivity index (χ0v) is 9.71. The highest BCUT2D eigenvalue weighted by Crippen LogP contribution is 2.35. The summed E-state index contributed by atoms with van der Waals surface area (Å²) >= 11 is 0. The molecule has 0 bridgehead atoms. The third-order valence-electron chi connectivity index (χ3n) is 3.19. The molecule has 0 saturated heterocycles. The van der Waals surface area contributed by atoms with E-state index in [2.05, 4.69) is 18.7 Å². The van der Waals surface area contributed by atoms with Gasteiger partial charge in [0.2, 0.25) is 0 Å². The monoisotopic (exact) mass is 199 g/mol. The maximum Gasteiger partial charge on any atom is 0.0431 e. The molecule has 0 aromatic heterocycles. The number of nitrogens with zero attached hydrogens (tertiary/aromatic N) is 1. The maximum atomic E-state index is 8.74. The van der Waals surface area contributed by atoms with Gasteiger partial charge in [-0.1, -0.05) is 20.3 Å². The summed E-state index contributed by atoms with van der Waals surface area (Å²) < 4.78 is 0. The van der Waals surface area contributed by atoms with Gasteiger partial charge >= 0.3 is 0 Å². The molecule has 2 unspecified atom stereocenters. The van der Waals surface area contributed by atoms with Crippen LogP contribution in [0, 0.1) is 5.92 Å². The molecule has 1 aliphatic rings. The normalized spacial score (nSPS) is 25.7. The van der Waals surface area contributed by atoms with Gasteiger partial charge in [0.25, 0.3) is 0 Å². The number of hydrogen-bond donors (Lipinski definition) is 1. The van der Waals surface area contributed by atoms with Gasteiger partial charge in [-0.2, -0.15) is 0 Å². The number of aliphatic hydroxyl groups is 1. The minimum absolute atomic E-state index is 0.349. The molecule has 1 saturated carbocycles. The molecule has 2 atom stereocenters. The lowest BCUT2D eigenvalue weighted by molar-refractivity contribution is 0.226. The predicted molar refractivity (Wildman–Crippen MR) is 60.4 cm³/mol. The van der Waals surface area contributed by atoms with Gasteiger partial charge in [-0.15, -0.1) is 0 Å². The second-order valence-electron chi connectivity index (χ2n) is 4.60. The van der Waals surface area contributed by atoms with Crippen molar-refractivity contribution in [3.8, 4) is 0 Å². The van der Waals surface area contributed by atoms with Crippen LogP contribution >= 0.6 is 0 Å². The van der Waals surface area contributed by atoms with Crippen LogP contribution < -0.4 is 0 Å². The first kappa shape index (κ1) is 12.0. The molecule has 84 valence electrons. The Morgan fingerprint density at radius 2 is 1.86 bits per heavy atom. The molecule has 0 aromatic rings. The summed E-state index contributed by atoms with van der Waals surface area (Å²) in [5.74, 6) is 0.918. The van der Waals surface area contributed by atoms with Gasteiger partial charge in [0.05, 0.1) is 0 Å². The third kappa shape index (κ3) is 3.97. The number of hydrogen-bond acceptors (Lipinski definition) is 2. The van der Waals surface area contributed by atoms with Gasteiger partial charge in [-0.25, -0.2) is 0 Å². The topological polar surface area (TPSA) is 23.5 Å². The average Bonchev–Trinajstić information content (AvgIpc) is 2.89. The smallest absolute Gasteiger partial charge is 0.0431 e. The average molecular weight is 199 g/mol. The molecule has 1 aliphatic carbocycles. The predicted octanol–water partition coefficient (Wildman–Crippen LogP) is 2.27. The number of aliphatic hydroxyl groups excluding tert-OH is 1. The molecule has 1 N–H and O–H groups in total. The third-order valence-corrected chi connectivity index (χ3v) is 3.19. The highest BCUT2D eigenvalue weighted by molar-refractivity contribution is 4.91. The van der Waals surface area contributed by atoms with E-state index in [1.165, 1.54) is 32.4 Å². The molecule has 1 fully saturated rings. The van der Waals surface area contributed by atoms with Crippen LogP contribution in [0.4, 0.5) is 0 Å². The molecular weight excluding hydrogens is 174 g/mol. The van der Waals surface area contributed by atoms with Gasteiger partial charge in [0.1, 0.15) is 0 Å². The molecule has 0 heterocycles. The van der Waals surface area contributed by atoms with Gasteiger partial charge in [-0.05, 0) is 44.7 Å². The molecule has 14 heavy (non-hydrogen) atoms. The van der Waals surface area contributed by atoms with Crippen molar-refractivity contribution >= 4 is 0 Å². The summed E-state index contributed by atoms with van der Waals surface area (Å²) in [5.41, 5.74) is 0. The van der Waals surface area contributed by atoms with Crippen LogP contribution in [0.15, 0.2) is 0 Å². The molecule has 0 aromatic carbocycles. The van der Waals surface area contributed by atoms with Crippen LogP contribution in [-0.4, -0.2) is 35.7 Å². The van der Waals surface area contributed by atoms with Crippen LogP contribution in [0.25, 0.3) is 0 Å². The Kier molecular flexibility index (Phi) is 5.49. The first-order valence-electron chi connectivity index (χ1n) is 6.14. The minimum Gasteiger partial charge on any atom is -0.396 e. The fourth-order valence-corrected chi connectivity index (χ4v) is 2.04. The molecule has 1 rings (SSSR count). The number of rotatable bonds is 8. The highest BCUT2D eigenvalue weighted by atomic mass is 16.2. The summed E-state index contributed by atoms with van der Waals surface area (Å²) in [6, 6.07) is 0.861. The molecule has 0 amide bonds. The van der Waals surface area contributed by atoms with Gasteiger partial charge in [0.15, 0.2) is 0 Å². The lowest BCUT2D eigenvalue weighted by Crippen LogP contribution is -2.29. The van der Waals surface area contributed by atoms with E-state index in [0.29, 0.717) is 6.61 Å². The zero-order chi connectivity index (χ0) is 10.4. The van der Waals surface area contributed by atoms with Crippen LogP contribution in [0.2, 0.25) is 0 Å². The van der Waals surface area contributed by atoms with Crippen LogP contribution in [0.1, 0.15) is 46.0 Å². The van der Waals surface area contributed by atoms with Crippen molar-refractivity contribution in [2.75, 3.05) is 19.7 Å². The first-order valence-corrected chi connectivity index (χ1v) is 6.14. The largest absolute Gasteiger partial charge is 0.396 e. The SMILES string of the molecule is CCCCN(CCCCO)C1CC1C. The fraction of sp³-hybridized carbons (Fsp3) is 1.00. The maximum absolute atomic E-state index is 8.74. The molecule has 0 spiro atoms. The van der Waals surface area contributed by atoms with Crippen molar-refractivity contribution in [1.29, 1.82) is 0 Å². The second-order valence-corrected chi connectivity index (χ2v) is 4.60. The minimum atomic E-state index is 0.349. The fourth-order valence-electron chi connectivity index (χ4n) is 2.04. The summed E-state index contributed by atoms with van der Waals surface area (Å²) in [5, 5.41) is 8.74. The standard InChI is InChI=1S/C12H25NO/c1-3-4-7-13(8-5-6-9-14)12-10-11(12)2/h11-12,14H,3-10H2,1-2H3. The van der Waals surface area contributed by atoms with Crippen LogP contribution in [0.3, 0.4) is 0 Å². The lowest BCUT2D eigenvalue weighted by atomic mass is 10.2. The summed E-state index contributed by atoms with van der Waals surface area (Å²) in [7, 11) is 0. The Morgan fingerprint density at radius 3 is 2.36 bits per heavy atom. The summed E-state index contributed by atoms with van der Waals surface area (Å²) in [4.78, 5) is 2.63. The van der Waals surface area contributed by atoms with E-state index in [1.807, 2.05) is 0 Å². The van der Waals surface area contributed by atoms with Crippen molar-refractivity contribution in [3.05, 3.63) is 0 Å². The Bertz CT molecular complexity index is 149. The van der Waals surface area contributed by atoms with E-state index < -0.39 is 0 Å². The van der Waals surface area contributed by atoms with Crippen molar-refractivity contribution in [2.45, 2.75) is 52.0 Å². The Morgan fingerprint density at radius 1 is 1.21 bits per heavy atom. The Labute approximate surface area is 88.3 Å². The van der Waals surface area contributed by atoms with Gasteiger partial charge in [0, 0.05) is 12.6 Å². The summed E-state index contributed by atoms with van der Waals surface area (Å²) in [6.45, 7) is 7.40. The lowest BCUT2D eigenvalue weighted by Gasteiger charge is -2.22. The van der Waals surface area contributed by atoms with Gasteiger partial charge in [-0.3, -0.25) is 0 Å². The molecular formula is C12H25NO. The molecule has 0 aliphatic heterocycles. The van der Waals surface area contributed by atoms with E-state index in [4.69, 9.17) is 5.11 Å². The quantitative estimate of drug-likeness (QED) is 0.606. The van der Waals surface area contributed by atoms with Crippen molar-refractivity contribution in [2.24, 2.45) is 5.92 Å².